The number of benzene rings is 1. The predicted octanol–water partition coefficient (Wildman–Crippen LogP) is 3.78. The minimum atomic E-state index is 1.09. The Morgan fingerprint density at radius 3 is 2.47 bits per heavy atom. The van der Waals surface area contributed by atoms with Crippen LogP contribution in [0.2, 0.25) is 0 Å². The molecule has 0 N–H and O–H groups in total. The molecular weight excluding hydrogens is 182 g/mol. The molecule has 0 radical (unpaired) electrons. The topological polar surface area (TPSA) is 3.24 Å². The second-order valence-corrected chi connectivity index (χ2v) is 3.71. The fourth-order valence-electron chi connectivity index (χ4n) is 1.45. The number of unbranched alkanes of at least 4 members (excludes halogenated alkanes) is 1. The van der Waals surface area contributed by atoms with Gasteiger partial charge in [0.15, 0.2) is 0 Å². The molecule has 1 nitrogen and oxygen atoms in total. The van der Waals surface area contributed by atoms with Gasteiger partial charge in [0.1, 0.15) is 0 Å². The first-order valence-electron chi connectivity index (χ1n) is 5.84. The van der Waals surface area contributed by atoms with Gasteiger partial charge in [-0.05, 0) is 31.2 Å². The lowest BCUT2D eigenvalue weighted by Gasteiger charge is -2.17. The molecule has 1 aromatic rings. The minimum absolute atomic E-state index is 1.09. The maximum absolute atomic E-state index is 2.36. The lowest BCUT2D eigenvalue weighted by atomic mass is 10.2. The Bertz CT molecular complexity index is 277. The zero-order valence-electron chi connectivity index (χ0n) is 9.82. The van der Waals surface area contributed by atoms with Crippen LogP contribution in [0.4, 0.5) is 0 Å². The average Bonchev–Trinajstić information content (AvgIpc) is 2.31. The van der Waals surface area contributed by atoms with Crippen molar-refractivity contribution in [3.8, 4) is 0 Å². The lowest BCUT2D eigenvalue weighted by Crippen LogP contribution is -2.17. The smallest absolute Gasteiger partial charge is 0.0172 e. The summed E-state index contributed by atoms with van der Waals surface area (Å²) in [5.41, 5.74) is 1.27. The van der Waals surface area contributed by atoms with Crippen molar-refractivity contribution in [1.29, 1.82) is 0 Å². The van der Waals surface area contributed by atoms with E-state index in [9.17, 15) is 0 Å². The van der Waals surface area contributed by atoms with Crippen LogP contribution >= 0.6 is 0 Å². The third-order valence-corrected chi connectivity index (χ3v) is 2.48. The summed E-state index contributed by atoms with van der Waals surface area (Å²) in [4.78, 5) is 2.36. The van der Waals surface area contributed by atoms with E-state index in [0.717, 1.165) is 13.1 Å². The van der Waals surface area contributed by atoms with Crippen molar-refractivity contribution in [1.82, 2.24) is 4.90 Å². The van der Waals surface area contributed by atoms with E-state index in [4.69, 9.17) is 0 Å². The molecule has 0 heterocycles. The van der Waals surface area contributed by atoms with Crippen LogP contribution in [0.5, 0.6) is 0 Å². The highest BCUT2D eigenvalue weighted by atomic mass is 15.1. The first-order chi connectivity index (χ1) is 7.36. The number of hydrogen-bond donors (Lipinski definition) is 0. The molecule has 1 rings (SSSR count). The monoisotopic (exact) mass is 203 g/mol. The van der Waals surface area contributed by atoms with Gasteiger partial charge in [-0.1, -0.05) is 43.7 Å². The largest absolute Gasteiger partial charge is 0.378 e. The highest BCUT2D eigenvalue weighted by Gasteiger charge is 1.93. The first-order valence-corrected chi connectivity index (χ1v) is 5.84. The highest BCUT2D eigenvalue weighted by Crippen LogP contribution is 2.03. The number of nitrogens with zero attached hydrogens (tertiary/aromatic N) is 1. The molecule has 0 aliphatic carbocycles. The van der Waals surface area contributed by atoms with Crippen LogP contribution in [-0.2, 0) is 0 Å². The van der Waals surface area contributed by atoms with E-state index < -0.39 is 0 Å². The third kappa shape index (κ3) is 4.68. The van der Waals surface area contributed by atoms with Gasteiger partial charge in [-0.2, -0.15) is 0 Å². The van der Waals surface area contributed by atoms with Gasteiger partial charge >= 0.3 is 0 Å². The van der Waals surface area contributed by atoms with Gasteiger partial charge < -0.3 is 4.90 Å². The van der Waals surface area contributed by atoms with Gasteiger partial charge in [0.2, 0.25) is 0 Å². The number of hydrogen-bond acceptors (Lipinski definition) is 1. The van der Waals surface area contributed by atoms with Gasteiger partial charge in [-0.15, -0.1) is 0 Å². The van der Waals surface area contributed by atoms with E-state index in [-0.39, 0.29) is 0 Å². The molecule has 0 bridgehead atoms. The van der Waals surface area contributed by atoms with E-state index in [1.165, 1.54) is 18.4 Å². The lowest BCUT2D eigenvalue weighted by molar-refractivity contribution is 0.389. The summed E-state index contributed by atoms with van der Waals surface area (Å²) in [5, 5.41) is 0. The van der Waals surface area contributed by atoms with Crippen molar-refractivity contribution >= 4 is 6.08 Å². The van der Waals surface area contributed by atoms with Crippen molar-refractivity contribution in [3.05, 3.63) is 42.1 Å². The fourth-order valence-corrected chi connectivity index (χ4v) is 1.45. The Morgan fingerprint density at radius 1 is 1.13 bits per heavy atom. The molecule has 0 saturated heterocycles. The van der Waals surface area contributed by atoms with E-state index in [0.29, 0.717) is 0 Å². The summed E-state index contributed by atoms with van der Waals surface area (Å²) in [7, 11) is 0. The Kier molecular flexibility index (Phi) is 5.60. The standard InChI is InChI=1S/C14H21N/c1-3-5-12-15(4-2)13-11-14-9-7-6-8-10-14/h6-11,13H,3-5,12H2,1-2H3/b13-11+. The van der Waals surface area contributed by atoms with Crippen molar-refractivity contribution in [2.24, 2.45) is 0 Å². The first kappa shape index (κ1) is 11.8. The molecule has 82 valence electrons. The molecular formula is C14H21N. The van der Waals surface area contributed by atoms with Crippen LogP contribution in [0, 0.1) is 0 Å². The van der Waals surface area contributed by atoms with Crippen LogP contribution in [0.3, 0.4) is 0 Å². The molecule has 0 aliphatic rings. The summed E-state index contributed by atoms with van der Waals surface area (Å²) in [5.74, 6) is 0. The highest BCUT2D eigenvalue weighted by molar-refractivity contribution is 5.48. The third-order valence-electron chi connectivity index (χ3n) is 2.48. The Morgan fingerprint density at radius 2 is 1.87 bits per heavy atom. The van der Waals surface area contributed by atoms with Crippen molar-refractivity contribution in [3.63, 3.8) is 0 Å². The number of rotatable bonds is 6. The minimum Gasteiger partial charge on any atom is -0.378 e. The van der Waals surface area contributed by atoms with Crippen LogP contribution in [0.1, 0.15) is 32.3 Å². The summed E-state index contributed by atoms with van der Waals surface area (Å²) in [6.45, 7) is 6.68. The second kappa shape index (κ2) is 7.10. The van der Waals surface area contributed by atoms with Gasteiger partial charge in [-0.3, -0.25) is 0 Å². The van der Waals surface area contributed by atoms with Crippen LogP contribution in [0.25, 0.3) is 6.08 Å². The van der Waals surface area contributed by atoms with Gasteiger partial charge in [0.25, 0.3) is 0 Å². The second-order valence-electron chi connectivity index (χ2n) is 3.71. The van der Waals surface area contributed by atoms with Gasteiger partial charge in [-0.25, -0.2) is 0 Å². The summed E-state index contributed by atoms with van der Waals surface area (Å²) in [6, 6.07) is 10.4. The molecule has 1 aromatic carbocycles. The average molecular weight is 203 g/mol. The SMILES string of the molecule is CCCCN(/C=C/c1ccccc1)CC. The zero-order valence-corrected chi connectivity index (χ0v) is 9.82. The quantitative estimate of drug-likeness (QED) is 0.680. The maximum atomic E-state index is 2.36. The zero-order chi connectivity index (χ0) is 10.9. The van der Waals surface area contributed by atoms with Gasteiger partial charge in [0.05, 0.1) is 0 Å². The van der Waals surface area contributed by atoms with Crippen molar-refractivity contribution in [2.45, 2.75) is 26.7 Å². The Labute approximate surface area is 93.4 Å². The van der Waals surface area contributed by atoms with Crippen LogP contribution in [-0.4, -0.2) is 18.0 Å². The molecule has 1 heteroatoms. The molecule has 0 aliphatic heterocycles. The van der Waals surface area contributed by atoms with Crippen molar-refractivity contribution in [2.75, 3.05) is 13.1 Å². The van der Waals surface area contributed by atoms with E-state index in [2.05, 4.69) is 55.3 Å². The summed E-state index contributed by atoms with van der Waals surface area (Å²) < 4.78 is 0. The molecule has 15 heavy (non-hydrogen) atoms. The maximum Gasteiger partial charge on any atom is 0.0172 e. The Balaban J connectivity index is 2.47. The van der Waals surface area contributed by atoms with E-state index in [1.54, 1.807) is 0 Å². The molecule has 0 spiro atoms. The molecule has 0 unspecified atom stereocenters. The predicted molar refractivity (Wildman–Crippen MR) is 67.6 cm³/mol. The molecule has 0 saturated carbocycles. The summed E-state index contributed by atoms with van der Waals surface area (Å²) >= 11 is 0. The van der Waals surface area contributed by atoms with E-state index >= 15 is 0 Å². The summed E-state index contributed by atoms with van der Waals surface area (Å²) in [6.07, 6.45) is 6.91. The van der Waals surface area contributed by atoms with E-state index in [1.807, 2.05) is 6.07 Å². The molecule has 0 aromatic heterocycles. The van der Waals surface area contributed by atoms with Gasteiger partial charge in [0, 0.05) is 13.1 Å². The van der Waals surface area contributed by atoms with Crippen LogP contribution < -0.4 is 0 Å². The molecule has 0 atom stereocenters. The molecule has 0 fully saturated rings. The van der Waals surface area contributed by atoms with Crippen molar-refractivity contribution < 1.29 is 0 Å². The molecule has 0 amide bonds. The van der Waals surface area contributed by atoms with Crippen LogP contribution in [0.15, 0.2) is 36.5 Å². The fraction of sp³-hybridized carbons (Fsp3) is 0.429. The Hall–Kier alpha value is -1.24. The normalized spacial score (nSPS) is 10.8.